The Morgan fingerprint density at radius 1 is 1.17 bits per heavy atom. The van der Waals surface area contributed by atoms with E-state index in [4.69, 9.17) is 0 Å². The maximum Gasteiger partial charge on any atom is 0.223 e. The minimum absolute atomic E-state index is 0. The fourth-order valence-corrected chi connectivity index (χ4v) is 2.31. The lowest BCUT2D eigenvalue weighted by Gasteiger charge is -2.14. The molecule has 1 aliphatic carbocycles. The van der Waals surface area contributed by atoms with Crippen molar-refractivity contribution in [3.05, 3.63) is 35.9 Å². The molecule has 1 aliphatic rings. The Labute approximate surface area is 162 Å². The Morgan fingerprint density at radius 3 is 2.46 bits per heavy atom. The van der Waals surface area contributed by atoms with Crippen molar-refractivity contribution in [2.24, 2.45) is 10.9 Å². The summed E-state index contributed by atoms with van der Waals surface area (Å²) in [5.74, 6) is 1.63. The molecular weight excluding hydrogens is 415 g/mol. The van der Waals surface area contributed by atoms with Crippen LogP contribution in [0, 0.1) is 5.92 Å². The van der Waals surface area contributed by atoms with E-state index in [1.165, 1.54) is 5.56 Å². The average Bonchev–Trinajstić information content (AvgIpc) is 3.41. The molecule has 1 unspecified atom stereocenters. The summed E-state index contributed by atoms with van der Waals surface area (Å²) >= 11 is 0. The summed E-state index contributed by atoms with van der Waals surface area (Å²) < 4.78 is 0. The third-order valence-electron chi connectivity index (χ3n) is 3.90. The molecule has 134 valence electrons. The van der Waals surface area contributed by atoms with Gasteiger partial charge in [-0.25, -0.2) is 0 Å². The first-order valence-corrected chi connectivity index (χ1v) is 8.55. The van der Waals surface area contributed by atoms with E-state index in [2.05, 4.69) is 52.1 Å². The number of benzene rings is 1. The van der Waals surface area contributed by atoms with Crippen LogP contribution in [0.1, 0.15) is 38.2 Å². The van der Waals surface area contributed by atoms with Gasteiger partial charge in [0.05, 0.1) is 0 Å². The van der Waals surface area contributed by atoms with E-state index in [1.807, 2.05) is 13.0 Å². The highest BCUT2D eigenvalue weighted by Gasteiger charge is 2.28. The summed E-state index contributed by atoms with van der Waals surface area (Å²) in [6.45, 7) is 7.09. The highest BCUT2D eigenvalue weighted by Crippen LogP contribution is 2.28. The van der Waals surface area contributed by atoms with Gasteiger partial charge < -0.3 is 16.0 Å². The fraction of sp³-hybridized carbons (Fsp3) is 0.556. The largest absolute Gasteiger partial charge is 0.357 e. The lowest BCUT2D eigenvalue weighted by Crippen LogP contribution is -2.42. The number of rotatable bonds is 8. The minimum atomic E-state index is 0. The summed E-state index contributed by atoms with van der Waals surface area (Å²) in [4.78, 5) is 16.2. The SMILES string of the molecule is CCNC(=NCC(C)c1ccccc1)NCCNC(=O)C1CC1.I. The number of guanidine groups is 1. The standard InChI is InChI=1S/C18H28N4O.HI/c1-3-19-18(21-12-11-20-17(23)16-9-10-16)22-13-14(2)15-7-5-4-6-8-15;/h4-8,14,16H,3,9-13H2,1-2H3,(H,20,23)(H2,19,21,22);1H. The second kappa shape index (κ2) is 11.3. The molecule has 6 heteroatoms. The Hall–Kier alpha value is -1.31. The number of halogens is 1. The predicted octanol–water partition coefficient (Wildman–Crippen LogP) is 2.49. The van der Waals surface area contributed by atoms with E-state index >= 15 is 0 Å². The number of hydrogen-bond donors (Lipinski definition) is 3. The molecule has 24 heavy (non-hydrogen) atoms. The molecule has 0 bridgehead atoms. The van der Waals surface area contributed by atoms with Crippen LogP contribution >= 0.6 is 24.0 Å². The Balaban J connectivity index is 0.00000288. The van der Waals surface area contributed by atoms with Crippen LogP contribution in [0.4, 0.5) is 0 Å². The number of carbonyl (C=O) groups is 1. The summed E-state index contributed by atoms with van der Waals surface area (Å²) in [5.41, 5.74) is 1.30. The van der Waals surface area contributed by atoms with E-state index in [-0.39, 0.29) is 35.8 Å². The van der Waals surface area contributed by atoms with Gasteiger partial charge in [0, 0.05) is 38.0 Å². The lowest BCUT2D eigenvalue weighted by atomic mass is 10.0. The second-order valence-corrected chi connectivity index (χ2v) is 6.02. The number of amides is 1. The monoisotopic (exact) mass is 444 g/mol. The van der Waals surface area contributed by atoms with Crippen molar-refractivity contribution < 1.29 is 4.79 Å². The molecule has 1 fully saturated rings. The van der Waals surface area contributed by atoms with Crippen LogP contribution in [0.3, 0.4) is 0 Å². The molecule has 1 aromatic carbocycles. The van der Waals surface area contributed by atoms with Gasteiger partial charge in [0.25, 0.3) is 0 Å². The molecule has 1 amide bonds. The first kappa shape index (κ1) is 20.7. The van der Waals surface area contributed by atoms with E-state index in [9.17, 15) is 4.79 Å². The van der Waals surface area contributed by atoms with Gasteiger partial charge in [0.15, 0.2) is 5.96 Å². The van der Waals surface area contributed by atoms with Gasteiger partial charge in [0.1, 0.15) is 0 Å². The summed E-state index contributed by atoms with van der Waals surface area (Å²) in [6, 6.07) is 10.4. The molecule has 0 spiro atoms. The Bertz CT molecular complexity index is 517. The van der Waals surface area contributed by atoms with Crippen molar-refractivity contribution >= 4 is 35.8 Å². The summed E-state index contributed by atoms with van der Waals surface area (Å²) in [5, 5.41) is 9.45. The van der Waals surface area contributed by atoms with Gasteiger partial charge in [-0.05, 0) is 25.3 Å². The van der Waals surface area contributed by atoms with Crippen molar-refractivity contribution in [1.82, 2.24) is 16.0 Å². The van der Waals surface area contributed by atoms with Crippen LogP contribution in [0.2, 0.25) is 0 Å². The number of hydrogen-bond acceptors (Lipinski definition) is 2. The highest BCUT2D eigenvalue weighted by molar-refractivity contribution is 14.0. The maximum absolute atomic E-state index is 11.6. The topological polar surface area (TPSA) is 65.5 Å². The molecule has 0 heterocycles. The average molecular weight is 444 g/mol. The molecule has 0 aromatic heterocycles. The minimum Gasteiger partial charge on any atom is -0.357 e. The van der Waals surface area contributed by atoms with Crippen molar-refractivity contribution in [2.45, 2.75) is 32.6 Å². The molecule has 1 atom stereocenters. The van der Waals surface area contributed by atoms with Crippen LogP contribution in [-0.4, -0.2) is 38.0 Å². The molecular formula is C18H29IN4O. The number of carbonyl (C=O) groups excluding carboxylic acids is 1. The van der Waals surface area contributed by atoms with Gasteiger partial charge in [-0.2, -0.15) is 0 Å². The smallest absolute Gasteiger partial charge is 0.223 e. The first-order valence-electron chi connectivity index (χ1n) is 8.55. The molecule has 0 radical (unpaired) electrons. The first-order chi connectivity index (χ1) is 11.2. The summed E-state index contributed by atoms with van der Waals surface area (Å²) in [6.07, 6.45) is 2.08. The molecule has 1 aromatic rings. The number of nitrogens with zero attached hydrogens (tertiary/aromatic N) is 1. The van der Waals surface area contributed by atoms with Crippen molar-refractivity contribution in [1.29, 1.82) is 0 Å². The van der Waals surface area contributed by atoms with Gasteiger partial charge >= 0.3 is 0 Å². The maximum atomic E-state index is 11.6. The van der Waals surface area contributed by atoms with Gasteiger partial charge in [0.2, 0.25) is 5.91 Å². The predicted molar refractivity (Wildman–Crippen MR) is 110 cm³/mol. The van der Waals surface area contributed by atoms with E-state index in [1.54, 1.807) is 0 Å². The molecule has 5 nitrogen and oxygen atoms in total. The van der Waals surface area contributed by atoms with Crippen molar-refractivity contribution in [3.63, 3.8) is 0 Å². The van der Waals surface area contributed by atoms with Gasteiger partial charge in [-0.3, -0.25) is 9.79 Å². The summed E-state index contributed by atoms with van der Waals surface area (Å²) in [7, 11) is 0. The second-order valence-electron chi connectivity index (χ2n) is 6.02. The third-order valence-corrected chi connectivity index (χ3v) is 3.90. The zero-order valence-electron chi connectivity index (χ0n) is 14.5. The molecule has 0 aliphatic heterocycles. The van der Waals surface area contributed by atoms with Crippen LogP contribution in [0.15, 0.2) is 35.3 Å². The number of nitrogens with one attached hydrogen (secondary N) is 3. The fourth-order valence-electron chi connectivity index (χ4n) is 2.31. The van der Waals surface area contributed by atoms with Crippen LogP contribution < -0.4 is 16.0 Å². The highest BCUT2D eigenvalue weighted by atomic mass is 127. The zero-order chi connectivity index (χ0) is 16.5. The van der Waals surface area contributed by atoms with E-state index in [0.717, 1.165) is 31.9 Å². The molecule has 2 rings (SSSR count). The number of aliphatic imine (C=N–C) groups is 1. The zero-order valence-corrected chi connectivity index (χ0v) is 16.9. The Morgan fingerprint density at radius 2 is 1.83 bits per heavy atom. The van der Waals surface area contributed by atoms with Crippen LogP contribution in [0.25, 0.3) is 0 Å². The van der Waals surface area contributed by atoms with Crippen molar-refractivity contribution in [3.8, 4) is 0 Å². The van der Waals surface area contributed by atoms with Crippen molar-refractivity contribution in [2.75, 3.05) is 26.2 Å². The Kier molecular flexibility index (Phi) is 9.75. The van der Waals surface area contributed by atoms with Crippen LogP contribution in [0.5, 0.6) is 0 Å². The van der Waals surface area contributed by atoms with E-state index in [0.29, 0.717) is 19.0 Å². The van der Waals surface area contributed by atoms with Gasteiger partial charge in [-0.1, -0.05) is 37.3 Å². The normalized spacial score (nSPS) is 15.2. The third kappa shape index (κ3) is 7.51. The molecule has 1 saturated carbocycles. The van der Waals surface area contributed by atoms with E-state index < -0.39 is 0 Å². The molecule has 3 N–H and O–H groups in total. The van der Waals surface area contributed by atoms with Crippen LogP contribution in [-0.2, 0) is 4.79 Å². The van der Waals surface area contributed by atoms with Gasteiger partial charge in [-0.15, -0.1) is 24.0 Å². The lowest BCUT2D eigenvalue weighted by molar-refractivity contribution is -0.122. The quantitative estimate of drug-likeness (QED) is 0.250. The molecule has 0 saturated heterocycles.